The van der Waals surface area contributed by atoms with Gasteiger partial charge in [-0.05, 0) is 0 Å². The summed E-state index contributed by atoms with van der Waals surface area (Å²) in [6, 6.07) is 0. The van der Waals surface area contributed by atoms with Crippen LogP contribution in [0.2, 0.25) is 0 Å². The van der Waals surface area contributed by atoms with Gasteiger partial charge in [0.15, 0.2) is 6.10 Å². The summed E-state index contributed by atoms with van der Waals surface area (Å²) in [6.07, 6.45) is -0.684. The molecule has 0 radical (unpaired) electrons. The van der Waals surface area contributed by atoms with Crippen LogP contribution in [0.3, 0.4) is 0 Å². The second-order valence-corrected chi connectivity index (χ2v) is 2.87. The first-order valence-corrected chi connectivity index (χ1v) is 4.39. The first-order chi connectivity index (χ1) is 6.70. The molecule has 0 aliphatic carbocycles. The maximum atomic E-state index is 11.3. The number of carboxylic acid groups (broad SMARTS) is 1. The van der Waals surface area contributed by atoms with E-state index in [4.69, 9.17) is 14.6 Å². The van der Waals surface area contributed by atoms with E-state index in [-0.39, 0.29) is 25.5 Å². The number of amides is 1. The van der Waals surface area contributed by atoms with Crippen molar-refractivity contribution in [3.05, 3.63) is 0 Å². The molecule has 1 fully saturated rings. The lowest BCUT2D eigenvalue weighted by Gasteiger charge is -2.21. The van der Waals surface area contributed by atoms with Crippen LogP contribution in [0.1, 0.15) is 6.42 Å². The van der Waals surface area contributed by atoms with Crippen LogP contribution in [-0.4, -0.2) is 49.5 Å². The zero-order valence-electron chi connectivity index (χ0n) is 7.69. The van der Waals surface area contributed by atoms with Gasteiger partial charge in [0.2, 0.25) is 0 Å². The molecule has 0 spiro atoms. The smallest absolute Gasteiger partial charge is 0.305 e. The summed E-state index contributed by atoms with van der Waals surface area (Å²) >= 11 is 0. The van der Waals surface area contributed by atoms with E-state index in [1.165, 1.54) is 0 Å². The minimum Gasteiger partial charge on any atom is -0.481 e. The number of rotatable bonds is 4. The van der Waals surface area contributed by atoms with Gasteiger partial charge in [-0.25, -0.2) is 0 Å². The van der Waals surface area contributed by atoms with E-state index in [0.29, 0.717) is 13.2 Å². The van der Waals surface area contributed by atoms with Gasteiger partial charge in [0, 0.05) is 6.54 Å². The number of carboxylic acids is 1. The summed E-state index contributed by atoms with van der Waals surface area (Å²) in [7, 11) is 0. The van der Waals surface area contributed by atoms with Crippen molar-refractivity contribution in [3.63, 3.8) is 0 Å². The van der Waals surface area contributed by atoms with E-state index in [1.54, 1.807) is 0 Å². The third-order valence-corrected chi connectivity index (χ3v) is 1.75. The fraction of sp³-hybridized carbons (Fsp3) is 0.750. The van der Waals surface area contributed by atoms with Gasteiger partial charge >= 0.3 is 5.97 Å². The summed E-state index contributed by atoms with van der Waals surface area (Å²) in [5, 5.41) is 10.8. The van der Waals surface area contributed by atoms with Crippen molar-refractivity contribution in [2.45, 2.75) is 12.5 Å². The predicted octanol–water partition coefficient (Wildman–Crippen LogP) is -1.01. The van der Waals surface area contributed by atoms with Crippen LogP contribution >= 0.6 is 0 Å². The summed E-state index contributed by atoms with van der Waals surface area (Å²) in [5.41, 5.74) is 0. The van der Waals surface area contributed by atoms with Crippen molar-refractivity contribution >= 4 is 11.9 Å². The topological polar surface area (TPSA) is 84.9 Å². The van der Waals surface area contributed by atoms with Crippen molar-refractivity contribution in [2.75, 3.05) is 26.4 Å². The van der Waals surface area contributed by atoms with Crippen LogP contribution in [0, 0.1) is 0 Å². The minimum atomic E-state index is -0.939. The molecule has 1 aliphatic heterocycles. The molecule has 2 N–H and O–H groups in total. The Labute approximate surface area is 81.2 Å². The number of ether oxygens (including phenoxy) is 2. The van der Waals surface area contributed by atoms with Crippen molar-refractivity contribution in [1.29, 1.82) is 0 Å². The molecule has 1 aliphatic rings. The molecular weight excluding hydrogens is 190 g/mol. The average molecular weight is 203 g/mol. The van der Waals surface area contributed by atoms with Crippen LogP contribution in [-0.2, 0) is 19.1 Å². The van der Waals surface area contributed by atoms with E-state index >= 15 is 0 Å². The number of carbonyl (C=O) groups excluding carboxylic acids is 1. The quantitative estimate of drug-likeness (QED) is 0.611. The maximum Gasteiger partial charge on any atom is 0.305 e. The molecule has 0 aromatic heterocycles. The fourth-order valence-electron chi connectivity index (χ4n) is 1.05. The second kappa shape index (κ2) is 5.56. The Morgan fingerprint density at radius 3 is 2.79 bits per heavy atom. The molecule has 14 heavy (non-hydrogen) atoms. The molecule has 1 heterocycles. The standard InChI is InChI=1S/C8H13NO5/c10-7(11)1-2-9-8(12)6-5-13-3-4-14-6/h6H,1-5H2,(H,9,12)(H,10,11). The number of carbonyl (C=O) groups is 2. The molecule has 1 unspecified atom stereocenters. The Bertz CT molecular complexity index is 212. The van der Waals surface area contributed by atoms with E-state index in [1.807, 2.05) is 0 Å². The predicted molar refractivity (Wildman–Crippen MR) is 45.8 cm³/mol. The van der Waals surface area contributed by atoms with Crippen LogP contribution < -0.4 is 5.32 Å². The van der Waals surface area contributed by atoms with Crippen molar-refractivity contribution in [1.82, 2.24) is 5.32 Å². The van der Waals surface area contributed by atoms with Gasteiger partial charge in [-0.2, -0.15) is 0 Å². The van der Waals surface area contributed by atoms with E-state index in [9.17, 15) is 9.59 Å². The molecule has 6 heteroatoms. The lowest BCUT2D eigenvalue weighted by Crippen LogP contribution is -2.43. The summed E-state index contributed by atoms with van der Waals surface area (Å²) < 4.78 is 10.1. The number of nitrogens with one attached hydrogen (secondary N) is 1. The van der Waals surface area contributed by atoms with Gasteiger partial charge in [-0.1, -0.05) is 0 Å². The van der Waals surface area contributed by atoms with Gasteiger partial charge in [0.25, 0.3) is 5.91 Å². The molecular formula is C8H13NO5. The fourth-order valence-corrected chi connectivity index (χ4v) is 1.05. The van der Waals surface area contributed by atoms with E-state index in [0.717, 1.165) is 0 Å². The summed E-state index contributed by atoms with van der Waals surface area (Å²) in [6.45, 7) is 1.25. The van der Waals surface area contributed by atoms with E-state index < -0.39 is 12.1 Å². The molecule has 0 bridgehead atoms. The number of hydrogen-bond donors (Lipinski definition) is 2. The lowest BCUT2D eigenvalue weighted by molar-refractivity contribution is -0.147. The van der Waals surface area contributed by atoms with Crippen LogP contribution in [0.15, 0.2) is 0 Å². The van der Waals surface area contributed by atoms with Gasteiger partial charge in [-0.3, -0.25) is 9.59 Å². The first kappa shape index (κ1) is 10.9. The average Bonchev–Trinajstić information content (AvgIpc) is 2.18. The molecule has 80 valence electrons. The lowest BCUT2D eigenvalue weighted by atomic mass is 10.3. The number of hydrogen-bond acceptors (Lipinski definition) is 4. The third-order valence-electron chi connectivity index (χ3n) is 1.75. The Morgan fingerprint density at radius 1 is 1.43 bits per heavy atom. The Kier molecular flexibility index (Phi) is 4.34. The molecule has 6 nitrogen and oxygen atoms in total. The Hall–Kier alpha value is -1.14. The molecule has 0 aromatic rings. The zero-order chi connectivity index (χ0) is 10.4. The molecule has 0 saturated carbocycles. The Balaban J connectivity index is 2.16. The van der Waals surface area contributed by atoms with Crippen molar-refractivity contribution in [3.8, 4) is 0 Å². The van der Waals surface area contributed by atoms with Crippen molar-refractivity contribution in [2.24, 2.45) is 0 Å². The van der Waals surface area contributed by atoms with Crippen LogP contribution in [0.4, 0.5) is 0 Å². The molecule has 1 saturated heterocycles. The zero-order valence-corrected chi connectivity index (χ0v) is 7.69. The summed E-state index contributed by atoms with van der Waals surface area (Å²) in [5.74, 6) is -1.25. The maximum absolute atomic E-state index is 11.3. The van der Waals surface area contributed by atoms with Crippen LogP contribution in [0.5, 0.6) is 0 Å². The largest absolute Gasteiger partial charge is 0.481 e. The second-order valence-electron chi connectivity index (χ2n) is 2.87. The van der Waals surface area contributed by atoms with Gasteiger partial charge in [0.1, 0.15) is 0 Å². The minimum absolute atomic E-state index is 0.0840. The summed E-state index contributed by atoms with van der Waals surface area (Å²) in [4.78, 5) is 21.4. The molecule has 1 amide bonds. The first-order valence-electron chi connectivity index (χ1n) is 4.39. The van der Waals surface area contributed by atoms with Gasteiger partial charge < -0.3 is 19.9 Å². The molecule has 1 rings (SSSR count). The van der Waals surface area contributed by atoms with E-state index in [2.05, 4.69) is 5.32 Å². The Morgan fingerprint density at radius 2 is 2.21 bits per heavy atom. The SMILES string of the molecule is O=C(O)CCNC(=O)C1COCCO1. The molecule has 1 atom stereocenters. The monoisotopic (exact) mass is 203 g/mol. The highest BCUT2D eigenvalue weighted by Crippen LogP contribution is 2.00. The third kappa shape index (κ3) is 3.71. The van der Waals surface area contributed by atoms with Crippen LogP contribution in [0.25, 0.3) is 0 Å². The highest BCUT2D eigenvalue weighted by atomic mass is 16.6. The normalized spacial score (nSPS) is 21.6. The molecule has 0 aromatic carbocycles. The highest BCUT2D eigenvalue weighted by Gasteiger charge is 2.21. The number of aliphatic carboxylic acids is 1. The highest BCUT2D eigenvalue weighted by molar-refractivity contribution is 5.81. The van der Waals surface area contributed by atoms with Crippen molar-refractivity contribution < 1.29 is 24.2 Å². The van der Waals surface area contributed by atoms with Gasteiger partial charge in [-0.15, -0.1) is 0 Å². The van der Waals surface area contributed by atoms with Gasteiger partial charge in [0.05, 0.1) is 26.2 Å².